The molecule has 0 aliphatic carbocycles. The van der Waals surface area contributed by atoms with Crippen LogP contribution in [0.15, 0.2) is 0 Å². The zero-order valence-electron chi connectivity index (χ0n) is 11.6. The van der Waals surface area contributed by atoms with Gasteiger partial charge in [-0.2, -0.15) is 26.3 Å². The van der Waals surface area contributed by atoms with E-state index in [1.54, 1.807) is 0 Å². The SMILES string of the molecule is O=C(OCCOC1(F)OC(F)(F)OC1OC(F)(F)F)C(F)(F)C(F)(F)F. The van der Waals surface area contributed by atoms with E-state index in [9.17, 15) is 53.1 Å². The highest BCUT2D eigenvalue weighted by atomic mass is 19.4. The minimum absolute atomic E-state index is 1.59. The van der Waals surface area contributed by atoms with Crippen molar-refractivity contribution in [2.24, 2.45) is 0 Å². The van der Waals surface area contributed by atoms with E-state index < -0.39 is 56.3 Å². The Balaban J connectivity index is 2.63. The van der Waals surface area contributed by atoms with E-state index in [4.69, 9.17) is 0 Å². The second-order valence-corrected chi connectivity index (χ2v) is 4.22. The number of ether oxygens (including phenoxy) is 5. The highest BCUT2D eigenvalue weighted by Crippen LogP contribution is 2.43. The van der Waals surface area contributed by atoms with Crippen molar-refractivity contribution in [1.82, 2.24) is 0 Å². The Kier molecular flexibility index (Phi) is 6.02. The first kappa shape index (κ1) is 22.6. The lowest BCUT2D eigenvalue weighted by Crippen LogP contribution is -2.46. The summed E-state index contributed by atoms with van der Waals surface area (Å²) in [6, 6.07) is -4.46. The van der Waals surface area contributed by atoms with Crippen LogP contribution in [0.2, 0.25) is 0 Å². The molecule has 0 spiro atoms. The molecule has 0 radical (unpaired) electrons. The van der Waals surface area contributed by atoms with Crippen molar-refractivity contribution >= 4 is 5.97 Å². The molecule has 1 aliphatic rings. The molecule has 0 bridgehead atoms. The fourth-order valence-corrected chi connectivity index (χ4v) is 1.26. The Morgan fingerprint density at radius 2 is 1.50 bits per heavy atom. The predicted octanol–water partition coefficient (Wildman–Crippen LogP) is 2.83. The van der Waals surface area contributed by atoms with Gasteiger partial charge in [-0.25, -0.2) is 9.53 Å². The lowest BCUT2D eigenvalue weighted by atomic mass is 10.3. The third-order valence-corrected chi connectivity index (χ3v) is 2.25. The molecule has 1 saturated heterocycles. The third kappa shape index (κ3) is 5.52. The lowest BCUT2D eigenvalue weighted by Gasteiger charge is -2.24. The van der Waals surface area contributed by atoms with Gasteiger partial charge in [-0.3, -0.25) is 9.47 Å². The van der Waals surface area contributed by atoms with Gasteiger partial charge in [0.1, 0.15) is 6.61 Å². The van der Waals surface area contributed by atoms with Gasteiger partial charge in [-0.15, -0.1) is 22.0 Å². The van der Waals surface area contributed by atoms with Crippen LogP contribution in [0.5, 0.6) is 0 Å². The monoisotopic (exact) mass is 418 g/mol. The molecule has 0 N–H and O–H groups in total. The molecule has 6 nitrogen and oxygen atoms in total. The quantitative estimate of drug-likeness (QED) is 0.376. The Labute approximate surface area is 134 Å². The maximum atomic E-state index is 13.8. The van der Waals surface area contributed by atoms with E-state index in [2.05, 4.69) is 23.7 Å². The molecule has 1 rings (SSSR count). The van der Waals surface area contributed by atoms with Crippen molar-refractivity contribution in [2.75, 3.05) is 13.2 Å². The molecule has 0 saturated carbocycles. The molecule has 0 amide bonds. The van der Waals surface area contributed by atoms with Gasteiger partial charge in [-0.1, -0.05) is 0 Å². The number of rotatable bonds is 6. The molecule has 2 unspecified atom stereocenters. The lowest BCUT2D eigenvalue weighted by molar-refractivity contribution is -0.426. The molecule has 26 heavy (non-hydrogen) atoms. The first-order chi connectivity index (χ1) is 11.4. The van der Waals surface area contributed by atoms with Crippen LogP contribution in [0.4, 0.5) is 48.3 Å². The fraction of sp³-hybridized carbons (Fsp3) is 0.889. The van der Waals surface area contributed by atoms with Gasteiger partial charge < -0.3 is 9.47 Å². The molecular weight excluding hydrogens is 413 g/mol. The average molecular weight is 418 g/mol. The van der Waals surface area contributed by atoms with Crippen LogP contribution in [0.25, 0.3) is 0 Å². The van der Waals surface area contributed by atoms with Crippen molar-refractivity contribution < 1.29 is 76.8 Å². The van der Waals surface area contributed by atoms with E-state index in [1.165, 1.54) is 0 Å². The Morgan fingerprint density at radius 1 is 0.962 bits per heavy atom. The van der Waals surface area contributed by atoms with Gasteiger partial charge in [-0.05, 0) is 0 Å². The van der Waals surface area contributed by atoms with Crippen LogP contribution in [0.1, 0.15) is 0 Å². The van der Waals surface area contributed by atoms with Crippen molar-refractivity contribution in [3.63, 3.8) is 0 Å². The van der Waals surface area contributed by atoms with Crippen molar-refractivity contribution in [3.8, 4) is 0 Å². The van der Waals surface area contributed by atoms with Gasteiger partial charge in [0.25, 0.3) is 6.29 Å². The largest absolute Gasteiger partial charge is 0.525 e. The van der Waals surface area contributed by atoms with Crippen LogP contribution >= 0.6 is 0 Å². The molecule has 1 heterocycles. The predicted molar refractivity (Wildman–Crippen MR) is 49.8 cm³/mol. The van der Waals surface area contributed by atoms with E-state index in [0.717, 1.165) is 0 Å². The summed E-state index contributed by atoms with van der Waals surface area (Å²) in [6.45, 7) is -3.20. The summed E-state index contributed by atoms with van der Waals surface area (Å²) in [5.74, 6) is -9.11. The fourth-order valence-electron chi connectivity index (χ4n) is 1.26. The summed E-state index contributed by atoms with van der Waals surface area (Å²) in [4.78, 5) is 10.6. The van der Waals surface area contributed by atoms with E-state index in [0.29, 0.717) is 0 Å². The minimum atomic E-state index is -6.33. The van der Waals surface area contributed by atoms with E-state index in [-0.39, 0.29) is 0 Å². The number of carbonyl (C=O) groups excluding carboxylic acids is 1. The van der Waals surface area contributed by atoms with E-state index in [1.807, 2.05) is 0 Å². The number of esters is 1. The highest BCUT2D eigenvalue weighted by molar-refractivity contribution is 5.78. The van der Waals surface area contributed by atoms with Crippen LogP contribution in [0, 0.1) is 0 Å². The van der Waals surface area contributed by atoms with Gasteiger partial charge in [0.2, 0.25) is 0 Å². The molecular formula is C9H5F11O6. The summed E-state index contributed by atoms with van der Waals surface area (Å²) in [5.41, 5.74) is 0. The zero-order chi connectivity index (χ0) is 20.6. The van der Waals surface area contributed by atoms with Crippen LogP contribution in [-0.2, 0) is 28.5 Å². The first-order valence-corrected chi connectivity index (χ1v) is 5.85. The Hall–Kier alpha value is -1.46. The Morgan fingerprint density at radius 3 is 1.96 bits per heavy atom. The second-order valence-electron chi connectivity index (χ2n) is 4.22. The first-order valence-electron chi connectivity index (χ1n) is 5.85. The molecule has 17 heteroatoms. The number of halogens is 11. The zero-order valence-corrected chi connectivity index (χ0v) is 11.6. The second kappa shape index (κ2) is 6.93. The molecule has 0 aromatic heterocycles. The standard InChI is InChI=1S/C9H5F11O6/c10-5(11,7(13,14)15)3(21)22-1-2-23-6(12)4(24-8(16,17)18)25-9(19,20)26-6/h4H,1-2H2. The van der Waals surface area contributed by atoms with Gasteiger partial charge in [0.15, 0.2) is 0 Å². The van der Waals surface area contributed by atoms with Gasteiger partial charge in [0.05, 0.1) is 6.61 Å². The molecule has 0 aromatic rings. The summed E-state index contributed by atoms with van der Waals surface area (Å²) in [5, 5.41) is 0. The summed E-state index contributed by atoms with van der Waals surface area (Å²) >= 11 is 0. The Bertz CT molecular complexity index is 517. The number of carbonyl (C=O) groups is 1. The van der Waals surface area contributed by atoms with E-state index >= 15 is 0 Å². The minimum Gasteiger partial charge on any atom is -0.459 e. The molecule has 2 atom stereocenters. The van der Waals surface area contributed by atoms with Crippen LogP contribution in [0.3, 0.4) is 0 Å². The molecule has 1 aliphatic heterocycles. The summed E-state index contributed by atoms with van der Waals surface area (Å²) in [7, 11) is 0. The smallest absolute Gasteiger partial charge is 0.459 e. The van der Waals surface area contributed by atoms with Gasteiger partial charge in [0, 0.05) is 0 Å². The normalized spacial score (nSPS) is 26.8. The number of hydrogen-bond acceptors (Lipinski definition) is 6. The molecule has 154 valence electrons. The summed E-state index contributed by atoms with van der Waals surface area (Å²) in [6.07, 6.45) is -20.6. The van der Waals surface area contributed by atoms with Crippen molar-refractivity contribution in [1.29, 1.82) is 0 Å². The van der Waals surface area contributed by atoms with Crippen LogP contribution in [-0.4, -0.2) is 56.3 Å². The molecule has 1 fully saturated rings. The van der Waals surface area contributed by atoms with Gasteiger partial charge >= 0.3 is 36.8 Å². The maximum absolute atomic E-state index is 13.8. The number of hydrogen-bond donors (Lipinski definition) is 0. The van der Waals surface area contributed by atoms with Crippen molar-refractivity contribution in [3.05, 3.63) is 0 Å². The topological polar surface area (TPSA) is 63.2 Å². The number of alkyl halides is 11. The van der Waals surface area contributed by atoms with Crippen LogP contribution < -0.4 is 0 Å². The average Bonchev–Trinajstić information content (AvgIpc) is 2.60. The van der Waals surface area contributed by atoms with Crippen molar-refractivity contribution in [2.45, 2.75) is 37.1 Å². The summed E-state index contributed by atoms with van der Waals surface area (Å²) < 4.78 is 152. The maximum Gasteiger partial charge on any atom is 0.525 e. The third-order valence-electron chi connectivity index (χ3n) is 2.25. The molecule has 0 aromatic carbocycles. The highest BCUT2D eigenvalue weighted by Gasteiger charge is 2.66.